The fraction of sp³-hybridized carbons (Fsp3) is 0.710. The van der Waals surface area contributed by atoms with Gasteiger partial charge in [0.25, 0.3) is 0 Å². The summed E-state index contributed by atoms with van der Waals surface area (Å²) in [5.74, 6) is -0.860. The van der Waals surface area contributed by atoms with Crippen LogP contribution in [0.1, 0.15) is 97.7 Å². The van der Waals surface area contributed by atoms with Crippen LogP contribution in [0.4, 0.5) is 0 Å². The minimum Gasteiger partial charge on any atom is -0.458 e. The van der Waals surface area contributed by atoms with E-state index in [9.17, 15) is 19.8 Å². The Labute approximate surface area is 222 Å². The first-order valence-electron chi connectivity index (χ1n) is 14.0. The maximum atomic E-state index is 13.5. The summed E-state index contributed by atoms with van der Waals surface area (Å²) in [6, 6.07) is 3.96. The molecular weight excluding hydrogens is 466 g/mol. The van der Waals surface area contributed by atoms with Gasteiger partial charge < -0.3 is 14.9 Å². The van der Waals surface area contributed by atoms with Gasteiger partial charge in [-0.2, -0.15) is 0 Å². The van der Waals surface area contributed by atoms with Crippen LogP contribution in [-0.2, 0) is 14.3 Å². The highest BCUT2D eigenvalue weighted by Crippen LogP contribution is 2.58. The Balaban J connectivity index is 1.88. The lowest BCUT2D eigenvalue weighted by molar-refractivity contribution is -0.155. The van der Waals surface area contributed by atoms with Crippen molar-refractivity contribution >= 4 is 17.8 Å². The molecule has 1 aliphatic heterocycles. The van der Waals surface area contributed by atoms with E-state index in [0.29, 0.717) is 12.3 Å². The van der Waals surface area contributed by atoms with E-state index in [2.05, 4.69) is 11.9 Å². The smallest absolute Gasteiger partial charge is 0.309 e. The van der Waals surface area contributed by atoms with E-state index < -0.39 is 35.6 Å². The molecule has 1 aliphatic carbocycles. The van der Waals surface area contributed by atoms with E-state index in [0.717, 1.165) is 48.9 Å². The van der Waals surface area contributed by atoms with E-state index >= 15 is 0 Å². The van der Waals surface area contributed by atoms with Gasteiger partial charge in [-0.15, -0.1) is 0 Å². The maximum absolute atomic E-state index is 13.5. The summed E-state index contributed by atoms with van der Waals surface area (Å²) in [7, 11) is 0. The molecule has 2 heterocycles. The molecule has 6 nitrogen and oxygen atoms in total. The second kappa shape index (κ2) is 11.8. The molecule has 0 radical (unpaired) electrons. The Morgan fingerprint density at radius 3 is 2.54 bits per heavy atom. The number of aromatic nitrogens is 1. The van der Waals surface area contributed by atoms with Crippen molar-refractivity contribution in [3.05, 3.63) is 35.2 Å². The van der Waals surface area contributed by atoms with Gasteiger partial charge >= 0.3 is 5.97 Å². The minimum absolute atomic E-state index is 0.0135. The number of hydrogen-bond acceptors (Lipinski definition) is 6. The molecule has 206 valence electrons. The van der Waals surface area contributed by atoms with Crippen molar-refractivity contribution in [2.75, 3.05) is 0 Å². The quantitative estimate of drug-likeness (QED) is 0.505. The molecule has 1 aromatic rings. The standard InChI is InChI=1S/C31H47NO5/c1-8-24-28(35)20(3)10-9-13-31(7)17-22(31)15-25(21(4)14-23-12-11-19(2)18-32-23)37-27(34)16-26(33)30(5,6)29(24)36/h11-12,14,18,20,22,24-26,28,33,35H,8-10,13,15-17H2,1-7H3/b21-14+/t20-,22+,24?,25-,26-,28-,31-/m0/s1. The minimum atomic E-state index is -1.20. The third-order valence-electron chi connectivity index (χ3n) is 9.14. The number of aliphatic hydroxyl groups is 2. The van der Waals surface area contributed by atoms with Gasteiger partial charge in [-0.1, -0.05) is 47.1 Å². The summed E-state index contributed by atoms with van der Waals surface area (Å²) in [4.78, 5) is 31.0. The van der Waals surface area contributed by atoms with Crippen LogP contribution >= 0.6 is 0 Å². The molecule has 1 aromatic heterocycles. The molecule has 0 aromatic carbocycles. The average Bonchev–Trinajstić information content (AvgIpc) is 3.48. The Bertz CT molecular complexity index is 984. The van der Waals surface area contributed by atoms with Crippen molar-refractivity contribution < 1.29 is 24.5 Å². The Hall–Kier alpha value is -2.05. The number of cyclic esters (lactones) is 1. The molecule has 37 heavy (non-hydrogen) atoms. The van der Waals surface area contributed by atoms with E-state index in [4.69, 9.17) is 4.74 Å². The third-order valence-corrected chi connectivity index (χ3v) is 9.14. The van der Waals surface area contributed by atoms with Crippen molar-refractivity contribution in [1.82, 2.24) is 4.98 Å². The highest BCUT2D eigenvalue weighted by atomic mass is 16.5. The summed E-state index contributed by atoms with van der Waals surface area (Å²) in [6.45, 7) is 13.5. The highest BCUT2D eigenvalue weighted by molar-refractivity contribution is 5.88. The normalized spacial score (nSPS) is 36.0. The molecule has 6 heteroatoms. The number of aliphatic hydroxyl groups excluding tert-OH is 2. The van der Waals surface area contributed by atoms with Crippen LogP contribution in [0.15, 0.2) is 23.9 Å². The monoisotopic (exact) mass is 513 g/mol. The van der Waals surface area contributed by atoms with Crippen molar-refractivity contribution in [3.63, 3.8) is 0 Å². The van der Waals surface area contributed by atoms with Gasteiger partial charge in [0.15, 0.2) is 0 Å². The number of aryl methyl sites for hydroxylation is 1. The third kappa shape index (κ3) is 7.08. The van der Waals surface area contributed by atoms with Gasteiger partial charge in [-0.3, -0.25) is 14.6 Å². The summed E-state index contributed by atoms with van der Waals surface area (Å²) in [5, 5.41) is 22.1. The molecular formula is C31H47NO5. The Morgan fingerprint density at radius 2 is 1.92 bits per heavy atom. The van der Waals surface area contributed by atoms with Crippen LogP contribution in [0.5, 0.6) is 0 Å². The first-order valence-corrected chi connectivity index (χ1v) is 14.0. The zero-order chi connectivity index (χ0) is 27.5. The number of fused-ring (bicyclic) bond motifs is 1. The van der Waals surface area contributed by atoms with E-state index in [1.54, 1.807) is 13.8 Å². The lowest BCUT2D eigenvalue weighted by Crippen LogP contribution is -2.46. The molecule has 0 bridgehead atoms. The topological polar surface area (TPSA) is 96.7 Å². The van der Waals surface area contributed by atoms with Crippen molar-refractivity contribution in [2.24, 2.45) is 28.6 Å². The maximum Gasteiger partial charge on any atom is 0.309 e. The van der Waals surface area contributed by atoms with Crippen LogP contribution in [0.2, 0.25) is 0 Å². The molecule has 7 atom stereocenters. The molecule has 1 saturated heterocycles. The molecule has 0 amide bonds. The highest BCUT2D eigenvalue weighted by Gasteiger charge is 2.50. The predicted molar refractivity (Wildman–Crippen MR) is 146 cm³/mol. The number of carbonyl (C=O) groups excluding carboxylic acids is 2. The van der Waals surface area contributed by atoms with Crippen LogP contribution in [0.3, 0.4) is 0 Å². The molecule has 1 unspecified atom stereocenters. The van der Waals surface area contributed by atoms with Gasteiger partial charge in [0, 0.05) is 12.1 Å². The number of ketones is 1. The second-order valence-corrected chi connectivity index (χ2v) is 12.6. The lowest BCUT2D eigenvalue weighted by Gasteiger charge is -2.35. The fourth-order valence-corrected chi connectivity index (χ4v) is 5.89. The largest absolute Gasteiger partial charge is 0.458 e. The molecule has 2 N–H and O–H groups in total. The van der Waals surface area contributed by atoms with Crippen LogP contribution in [0, 0.1) is 35.5 Å². The van der Waals surface area contributed by atoms with E-state index in [-0.39, 0.29) is 23.5 Å². The number of pyridine rings is 1. The summed E-state index contributed by atoms with van der Waals surface area (Å²) < 4.78 is 5.99. The summed E-state index contributed by atoms with van der Waals surface area (Å²) in [5.41, 5.74) is 1.83. The van der Waals surface area contributed by atoms with Gasteiger partial charge in [0.2, 0.25) is 0 Å². The van der Waals surface area contributed by atoms with Crippen LogP contribution in [0.25, 0.3) is 6.08 Å². The van der Waals surface area contributed by atoms with Gasteiger partial charge in [0.1, 0.15) is 11.9 Å². The van der Waals surface area contributed by atoms with E-state index in [1.807, 2.05) is 52.1 Å². The Kier molecular flexibility index (Phi) is 9.39. The molecule has 3 rings (SSSR count). The Morgan fingerprint density at radius 1 is 1.22 bits per heavy atom. The number of carbonyl (C=O) groups is 2. The summed E-state index contributed by atoms with van der Waals surface area (Å²) >= 11 is 0. The summed E-state index contributed by atoms with van der Waals surface area (Å²) in [6.07, 6.45) is 6.32. The van der Waals surface area contributed by atoms with Gasteiger partial charge in [0.05, 0.1) is 29.7 Å². The molecule has 2 aliphatic rings. The first-order chi connectivity index (χ1) is 17.3. The number of Topliss-reactive ketones (excluding diaryl/α,β-unsaturated/α-hetero) is 1. The molecule has 1 saturated carbocycles. The second-order valence-electron chi connectivity index (χ2n) is 12.6. The number of nitrogens with zero attached hydrogens (tertiary/aromatic N) is 1. The van der Waals surface area contributed by atoms with Crippen molar-refractivity contribution in [3.8, 4) is 0 Å². The zero-order valence-corrected chi connectivity index (χ0v) is 23.8. The van der Waals surface area contributed by atoms with Gasteiger partial charge in [-0.25, -0.2) is 0 Å². The first kappa shape index (κ1) is 29.5. The number of hydrogen-bond donors (Lipinski definition) is 2. The molecule has 2 fully saturated rings. The lowest BCUT2D eigenvalue weighted by atomic mass is 9.71. The fourth-order valence-electron chi connectivity index (χ4n) is 5.89. The average molecular weight is 514 g/mol. The van der Waals surface area contributed by atoms with Gasteiger partial charge in [-0.05, 0) is 86.5 Å². The van der Waals surface area contributed by atoms with Crippen LogP contribution in [-0.4, -0.2) is 45.3 Å². The van der Waals surface area contributed by atoms with Crippen molar-refractivity contribution in [2.45, 2.75) is 112 Å². The van der Waals surface area contributed by atoms with Crippen LogP contribution < -0.4 is 0 Å². The number of rotatable bonds is 3. The SMILES string of the molecule is CCC1C(=O)C(C)(C)[C@@H](O)CC(=O)O[C@H](/C(C)=C/c2ccc(C)cn2)C[C@@H]2C[C@]2(C)CCC[C@H](C)[C@@H]1O. The predicted octanol–water partition coefficient (Wildman–Crippen LogP) is 5.67. The van der Waals surface area contributed by atoms with Crippen molar-refractivity contribution in [1.29, 1.82) is 0 Å². The molecule has 0 spiro atoms. The number of esters is 1. The number of ether oxygens (including phenoxy) is 1. The van der Waals surface area contributed by atoms with E-state index in [1.165, 1.54) is 0 Å². The zero-order valence-electron chi connectivity index (χ0n) is 23.8.